The van der Waals surface area contributed by atoms with Crippen molar-refractivity contribution in [2.45, 2.75) is 30.7 Å². The van der Waals surface area contributed by atoms with Crippen molar-refractivity contribution in [2.75, 3.05) is 13.7 Å². The lowest BCUT2D eigenvalue weighted by atomic mass is 9.96. The molecule has 1 fully saturated rings. The smallest absolute Gasteiger partial charge is 0.235 e. The predicted octanol–water partition coefficient (Wildman–Crippen LogP) is 3.78. The molecule has 42 heavy (non-hydrogen) atoms. The standard InChI is InChI=1S/C33H28N2O7/c1-40-22-11-8-19(9-12-22)25-15-27(21-10-13-24-20(14-21)7-6-18-4-2-3-5-23(18)24)35-32(26(25)16-34)42-33-31(39)30(38)29(37)28(17-36)41-33/h2-15,28-31,33,36-39H,17H2,1H3/t28-,29+,30+,31-,33+/m1/s1. The number of fused-ring (bicyclic) bond motifs is 3. The maximum Gasteiger partial charge on any atom is 0.235 e. The Morgan fingerprint density at radius 2 is 1.55 bits per heavy atom. The van der Waals surface area contributed by atoms with E-state index in [4.69, 9.17) is 14.2 Å². The first-order valence-corrected chi connectivity index (χ1v) is 13.4. The zero-order valence-electron chi connectivity index (χ0n) is 22.6. The molecular formula is C33H28N2O7. The van der Waals surface area contributed by atoms with E-state index in [1.807, 2.05) is 48.5 Å². The molecule has 9 heteroatoms. The molecule has 0 spiro atoms. The number of aliphatic hydroxyl groups excluding tert-OH is 4. The summed E-state index contributed by atoms with van der Waals surface area (Å²) < 4.78 is 16.8. The lowest BCUT2D eigenvalue weighted by molar-refractivity contribution is -0.278. The van der Waals surface area contributed by atoms with Crippen molar-refractivity contribution in [1.29, 1.82) is 5.26 Å². The second-order valence-electron chi connectivity index (χ2n) is 10.1. The average Bonchev–Trinajstić information content (AvgIpc) is 3.04. The molecule has 4 aromatic carbocycles. The van der Waals surface area contributed by atoms with Gasteiger partial charge in [0.25, 0.3) is 0 Å². The second kappa shape index (κ2) is 11.4. The van der Waals surface area contributed by atoms with E-state index in [-0.39, 0.29) is 11.4 Å². The van der Waals surface area contributed by atoms with Gasteiger partial charge in [0.05, 0.1) is 19.4 Å². The molecular weight excluding hydrogens is 536 g/mol. The molecule has 0 unspecified atom stereocenters. The van der Waals surface area contributed by atoms with Crippen molar-refractivity contribution in [3.8, 4) is 40.1 Å². The van der Waals surface area contributed by atoms with Crippen molar-refractivity contribution in [3.05, 3.63) is 90.5 Å². The zero-order valence-corrected chi connectivity index (χ0v) is 22.6. The molecule has 0 saturated carbocycles. The van der Waals surface area contributed by atoms with Crippen LogP contribution in [0.2, 0.25) is 0 Å². The summed E-state index contributed by atoms with van der Waals surface area (Å²) in [6.45, 7) is -0.619. The summed E-state index contributed by atoms with van der Waals surface area (Å²) in [5.74, 6) is 0.509. The van der Waals surface area contributed by atoms with Gasteiger partial charge in [0.15, 0.2) is 0 Å². The summed E-state index contributed by atoms with van der Waals surface area (Å²) in [6.07, 6.45) is -7.56. The fourth-order valence-electron chi connectivity index (χ4n) is 5.31. The molecule has 212 valence electrons. The lowest BCUT2D eigenvalue weighted by Gasteiger charge is -2.39. The minimum absolute atomic E-state index is 0.0765. The molecule has 0 aliphatic carbocycles. The number of methoxy groups -OCH3 is 1. The van der Waals surface area contributed by atoms with Gasteiger partial charge in [0, 0.05) is 11.1 Å². The van der Waals surface area contributed by atoms with E-state index in [0.717, 1.165) is 27.1 Å². The zero-order chi connectivity index (χ0) is 29.4. The first-order chi connectivity index (χ1) is 20.4. The number of hydrogen-bond acceptors (Lipinski definition) is 9. The first-order valence-electron chi connectivity index (χ1n) is 13.4. The van der Waals surface area contributed by atoms with Crippen LogP contribution in [0.1, 0.15) is 5.56 Å². The van der Waals surface area contributed by atoms with Crippen molar-refractivity contribution < 1.29 is 34.6 Å². The summed E-state index contributed by atoms with van der Waals surface area (Å²) in [5.41, 5.74) is 2.54. The fraction of sp³-hybridized carbons (Fsp3) is 0.212. The highest BCUT2D eigenvalue weighted by molar-refractivity contribution is 6.08. The Morgan fingerprint density at radius 3 is 2.29 bits per heavy atom. The first kappa shape index (κ1) is 27.6. The van der Waals surface area contributed by atoms with Gasteiger partial charge < -0.3 is 34.6 Å². The minimum atomic E-state index is -1.67. The number of nitriles is 1. The Labute approximate surface area is 241 Å². The summed E-state index contributed by atoms with van der Waals surface area (Å²) in [6, 6.07) is 29.3. The van der Waals surface area contributed by atoms with E-state index < -0.39 is 37.3 Å². The lowest BCUT2D eigenvalue weighted by Crippen LogP contribution is -2.60. The Hall–Kier alpha value is -4.56. The molecule has 5 atom stereocenters. The van der Waals surface area contributed by atoms with Crippen LogP contribution in [0.5, 0.6) is 11.6 Å². The van der Waals surface area contributed by atoms with Crippen molar-refractivity contribution in [3.63, 3.8) is 0 Å². The third kappa shape index (κ3) is 4.92. The largest absolute Gasteiger partial charge is 0.497 e. The van der Waals surface area contributed by atoms with Crippen molar-refractivity contribution in [1.82, 2.24) is 4.98 Å². The number of aromatic nitrogens is 1. The third-order valence-electron chi connectivity index (χ3n) is 7.62. The van der Waals surface area contributed by atoms with Crippen molar-refractivity contribution in [2.24, 2.45) is 0 Å². The highest BCUT2D eigenvalue weighted by Gasteiger charge is 2.45. The van der Waals surface area contributed by atoms with Gasteiger partial charge in [-0.25, -0.2) is 4.98 Å². The van der Waals surface area contributed by atoms with Gasteiger partial charge in [-0.15, -0.1) is 0 Å². The van der Waals surface area contributed by atoms with Crippen LogP contribution >= 0.6 is 0 Å². The Kier molecular flexibility index (Phi) is 7.47. The summed E-state index contributed by atoms with van der Waals surface area (Å²) in [7, 11) is 1.57. The average molecular weight is 565 g/mol. The van der Waals surface area contributed by atoms with E-state index >= 15 is 0 Å². The van der Waals surface area contributed by atoms with Gasteiger partial charge in [0.2, 0.25) is 12.2 Å². The number of nitrogens with zero attached hydrogens (tertiary/aromatic N) is 2. The van der Waals surface area contributed by atoms with Gasteiger partial charge >= 0.3 is 0 Å². The Balaban J connectivity index is 1.49. The number of aliphatic hydroxyl groups is 4. The molecule has 4 N–H and O–H groups in total. The molecule has 1 saturated heterocycles. The van der Waals surface area contributed by atoms with E-state index in [1.165, 1.54) is 0 Å². The van der Waals surface area contributed by atoms with Crippen LogP contribution in [-0.4, -0.2) is 69.8 Å². The molecule has 1 aromatic heterocycles. The molecule has 1 aliphatic rings. The normalized spacial score (nSPS) is 22.1. The van der Waals surface area contributed by atoms with Gasteiger partial charge in [-0.2, -0.15) is 5.26 Å². The molecule has 2 heterocycles. The van der Waals surface area contributed by atoms with Gasteiger partial charge in [0.1, 0.15) is 41.8 Å². The molecule has 1 aliphatic heterocycles. The van der Waals surface area contributed by atoms with Crippen LogP contribution in [0, 0.1) is 11.3 Å². The summed E-state index contributed by atoms with van der Waals surface area (Å²) in [5, 5.41) is 55.3. The highest BCUT2D eigenvalue weighted by atomic mass is 16.7. The van der Waals surface area contributed by atoms with Crippen LogP contribution in [0.25, 0.3) is 43.9 Å². The third-order valence-corrected chi connectivity index (χ3v) is 7.62. The van der Waals surface area contributed by atoms with Crippen molar-refractivity contribution >= 4 is 21.5 Å². The number of hydrogen-bond donors (Lipinski definition) is 4. The Morgan fingerprint density at radius 1 is 0.833 bits per heavy atom. The van der Waals surface area contributed by atoms with Crippen LogP contribution in [0.3, 0.4) is 0 Å². The number of rotatable bonds is 6. The van der Waals surface area contributed by atoms with Crippen LogP contribution in [0.15, 0.2) is 84.9 Å². The maximum atomic E-state index is 10.6. The van der Waals surface area contributed by atoms with Crippen LogP contribution in [-0.2, 0) is 4.74 Å². The molecule has 9 nitrogen and oxygen atoms in total. The summed E-state index contributed by atoms with van der Waals surface area (Å²) in [4.78, 5) is 4.66. The molecule has 0 amide bonds. The minimum Gasteiger partial charge on any atom is -0.497 e. The van der Waals surface area contributed by atoms with E-state index in [1.54, 1.807) is 25.3 Å². The fourth-order valence-corrected chi connectivity index (χ4v) is 5.31. The summed E-state index contributed by atoms with van der Waals surface area (Å²) >= 11 is 0. The molecule has 5 aromatic rings. The van der Waals surface area contributed by atoms with Gasteiger partial charge in [-0.3, -0.25) is 0 Å². The highest BCUT2D eigenvalue weighted by Crippen LogP contribution is 2.37. The van der Waals surface area contributed by atoms with Crippen LogP contribution < -0.4 is 9.47 Å². The van der Waals surface area contributed by atoms with E-state index in [2.05, 4.69) is 29.3 Å². The van der Waals surface area contributed by atoms with Gasteiger partial charge in [-0.05, 0) is 51.4 Å². The predicted molar refractivity (Wildman–Crippen MR) is 156 cm³/mol. The number of pyridine rings is 1. The SMILES string of the molecule is COc1ccc(-c2cc(-c3ccc4c(ccc5ccccc54)c3)nc(O[C@@H]3O[C@H](CO)[C@H](O)[C@H](O)[C@H]3O)c2C#N)cc1. The topological polar surface area (TPSA) is 145 Å². The maximum absolute atomic E-state index is 10.6. The Bertz CT molecular complexity index is 1800. The quantitative estimate of drug-likeness (QED) is 0.226. The monoisotopic (exact) mass is 564 g/mol. The van der Waals surface area contributed by atoms with Crippen LogP contribution in [0.4, 0.5) is 0 Å². The number of ether oxygens (including phenoxy) is 3. The second-order valence-corrected chi connectivity index (χ2v) is 10.1. The van der Waals surface area contributed by atoms with E-state index in [0.29, 0.717) is 22.6 Å². The van der Waals surface area contributed by atoms with E-state index in [9.17, 15) is 25.7 Å². The van der Waals surface area contributed by atoms with Gasteiger partial charge in [-0.1, -0.05) is 60.7 Å². The molecule has 0 radical (unpaired) electrons. The molecule has 6 rings (SSSR count). The number of benzene rings is 4. The molecule has 0 bridgehead atoms.